The molecular formula is C18H20O3. The van der Waals surface area contributed by atoms with Crippen molar-refractivity contribution in [3.05, 3.63) is 60.2 Å². The molecule has 0 saturated carbocycles. The van der Waals surface area contributed by atoms with Crippen molar-refractivity contribution >= 4 is 5.97 Å². The van der Waals surface area contributed by atoms with E-state index in [0.29, 0.717) is 13.2 Å². The molecular weight excluding hydrogens is 264 g/mol. The lowest BCUT2D eigenvalue weighted by Crippen LogP contribution is -2.23. The average molecular weight is 284 g/mol. The number of esters is 1. The van der Waals surface area contributed by atoms with Crippen molar-refractivity contribution in [1.82, 2.24) is 0 Å². The number of benzene rings is 2. The summed E-state index contributed by atoms with van der Waals surface area (Å²) in [6, 6.07) is 18.2. The van der Waals surface area contributed by atoms with Crippen molar-refractivity contribution < 1.29 is 14.3 Å². The molecule has 0 aliphatic carbocycles. The van der Waals surface area contributed by atoms with Crippen LogP contribution >= 0.6 is 0 Å². The Kier molecular flexibility index (Phi) is 5.52. The topological polar surface area (TPSA) is 35.5 Å². The predicted octanol–water partition coefficient (Wildman–Crippen LogP) is 3.82. The van der Waals surface area contributed by atoms with Crippen molar-refractivity contribution in [3.8, 4) is 11.1 Å². The van der Waals surface area contributed by atoms with Gasteiger partial charge < -0.3 is 9.47 Å². The van der Waals surface area contributed by atoms with Crippen molar-refractivity contribution in [2.75, 3.05) is 6.61 Å². The summed E-state index contributed by atoms with van der Waals surface area (Å²) in [5, 5.41) is 0. The van der Waals surface area contributed by atoms with Crippen LogP contribution in [0.25, 0.3) is 11.1 Å². The first-order chi connectivity index (χ1) is 10.2. The zero-order valence-corrected chi connectivity index (χ0v) is 12.4. The monoisotopic (exact) mass is 284 g/mol. The van der Waals surface area contributed by atoms with Crippen LogP contribution in [0.2, 0.25) is 0 Å². The molecule has 1 atom stereocenters. The molecule has 0 spiro atoms. The third-order valence-corrected chi connectivity index (χ3v) is 3.21. The van der Waals surface area contributed by atoms with Gasteiger partial charge in [-0.1, -0.05) is 54.6 Å². The van der Waals surface area contributed by atoms with Crippen LogP contribution in [-0.4, -0.2) is 18.7 Å². The van der Waals surface area contributed by atoms with Gasteiger partial charge in [0.25, 0.3) is 0 Å². The molecule has 21 heavy (non-hydrogen) atoms. The fraction of sp³-hybridized carbons (Fsp3) is 0.278. The molecule has 0 heterocycles. The van der Waals surface area contributed by atoms with Gasteiger partial charge in [-0.15, -0.1) is 0 Å². The Hall–Kier alpha value is -2.13. The van der Waals surface area contributed by atoms with E-state index in [2.05, 4.69) is 18.2 Å². The van der Waals surface area contributed by atoms with Crippen LogP contribution in [0.5, 0.6) is 0 Å². The summed E-state index contributed by atoms with van der Waals surface area (Å²) in [4.78, 5) is 11.6. The maximum absolute atomic E-state index is 11.6. The largest absolute Gasteiger partial charge is 0.464 e. The van der Waals surface area contributed by atoms with Gasteiger partial charge in [0.2, 0.25) is 0 Å². The highest BCUT2D eigenvalue weighted by molar-refractivity contribution is 5.74. The summed E-state index contributed by atoms with van der Waals surface area (Å²) in [7, 11) is 0. The van der Waals surface area contributed by atoms with E-state index in [-0.39, 0.29) is 5.97 Å². The average Bonchev–Trinajstić information content (AvgIpc) is 2.54. The minimum absolute atomic E-state index is 0.324. The minimum Gasteiger partial charge on any atom is -0.464 e. The molecule has 0 saturated heterocycles. The highest BCUT2D eigenvalue weighted by Crippen LogP contribution is 2.24. The van der Waals surface area contributed by atoms with E-state index in [1.165, 1.54) is 0 Å². The molecule has 0 aromatic heterocycles. The van der Waals surface area contributed by atoms with Gasteiger partial charge in [0, 0.05) is 0 Å². The van der Waals surface area contributed by atoms with Crippen LogP contribution < -0.4 is 0 Å². The molecule has 0 unspecified atom stereocenters. The molecule has 0 aliphatic heterocycles. The second-order valence-corrected chi connectivity index (χ2v) is 4.73. The maximum Gasteiger partial charge on any atom is 0.334 e. The molecule has 0 amide bonds. The second kappa shape index (κ2) is 7.60. The maximum atomic E-state index is 11.6. The number of hydrogen-bond donors (Lipinski definition) is 0. The fourth-order valence-corrected chi connectivity index (χ4v) is 2.09. The highest BCUT2D eigenvalue weighted by atomic mass is 16.6. The lowest BCUT2D eigenvalue weighted by molar-refractivity contribution is -0.156. The summed E-state index contributed by atoms with van der Waals surface area (Å²) >= 11 is 0. The standard InChI is InChI=1S/C18H20O3/c1-3-20-18(19)14(2)21-13-16-11-7-8-12-17(16)15-9-5-4-6-10-15/h4-12,14H,3,13H2,1-2H3/t14-/m0/s1. The third kappa shape index (κ3) is 4.17. The first-order valence-electron chi connectivity index (χ1n) is 7.14. The number of carbonyl (C=O) groups excluding carboxylic acids is 1. The SMILES string of the molecule is CCOC(=O)[C@H](C)OCc1ccccc1-c1ccccc1. The Balaban J connectivity index is 2.09. The third-order valence-electron chi connectivity index (χ3n) is 3.21. The molecule has 0 N–H and O–H groups in total. The van der Waals surface area contributed by atoms with Gasteiger partial charge >= 0.3 is 5.97 Å². The molecule has 0 aliphatic rings. The van der Waals surface area contributed by atoms with Crippen molar-refractivity contribution in [1.29, 1.82) is 0 Å². The Bertz CT molecular complexity index is 578. The van der Waals surface area contributed by atoms with E-state index in [9.17, 15) is 4.79 Å². The number of hydrogen-bond acceptors (Lipinski definition) is 3. The van der Waals surface area contributed by atoms with Crippen LogP contribution in [0.15, 0.2) is 54.6 Å². The van der Waals surface area contributed by atoms with E-state index < -0.39 is 6.10 Å². The Morgan fingerprint density at radius 1 is 1.05 bits per heavy atom. The van der Waals surface area contributed by atoms with Gasteiger partial charge in [0.15, 0.2) is 6.10 Å². The van der Waals surface area contributed by atoms with Crippen LogP contribution in [-0.2, 0) is 20.9 Å². The minimum atomic E-state index is -0.561. The van der Waals surface area contributed by atoms with Crippen LogP contribution in [0.1, 0.15) is 19.4 Å². The summed E-state index contributed by atoms with van der Waals surface area (Å²) < 4.78 is 10.6. The summed E-state index contributed by atoms with van der Waals surface area (Å²) in [5.74, 6) is -0.324. The zero-order chi connectivity index (χ0) is 15.1. The quantitative estimate of drug-likeness (QED) is 0.756. The summed E-state index contributed by atoms with van der Waals surface area (Å²) in [6.07, 6.45) is -0.561. The first-order valence-corrected chi connectivity index (χ1v) is 7.14. The Morgan fingerprint density at radius 2 is 1.71 bits per heavy atom. The van der Waals surface area contributed by atoms with Gasteiger partial charge in [-0.3, -0.25) is 0 Å². The summed E-state index contributed by atoms with van der Waals surface area (Å²) in [6.45, 7) is 4.25. The number of carbonyl (C=O) groups is 1. The van der Waals surface area contributed by atoms with Gasteiger partial charge in [-0.05, 0) is 30.5 Å². The van der Waals surface area contributed by atoms with Crippen molar-refractivity contribution in [3.63, 3.8) is 0 Å². The number of rotatable bonds is 6. The van der Waals surface area contributed by atoms with Crippen LogP contribution in [0.4, 0.5) is 0 Å². The lowest BCUT2D eigenvalue weighted by Gasteiger charge is -2.14. The van der Waals surface area contributed by atoms with E-state index in [0.717, 1.165) is 16.7 Å². The van der Waals surface area contributed by atoms with Gasteiger partial charge in [-0.25, -0.2) is 4.79 Å². The summed E-state index contributed by atoms with van der Waals surface area (Å²) in [5.41, 5.74) is 3.31. The number of ether oxygens (including phenoxy) is 2. The molecule has 0 fully saturated rings. The highest BCUT2D eigenvalue weighted by Gasteiger charge is 2.15. The van der Waals surface area contributed by atoms with Crippen molar-refractivity contribution in [2.24, 2.45) is 0 Å². The molecule has 2 aromatic carbocycles. The molecule has 110 valence electrons. The van der Waals surface area contributed by atoms with Crippen molar-refractivity contribution in [2.45, 2.75) is 26.6 Å². The molecule has 2 aromatic rings. The van der Waals surface area contributed by atoms with E-state index in [1.807, 2.05) is 36.4 Å². The normalized spacial score (nSPS) is 11.9. The smallest absolute Gasteiger partial charge is 0.334 e. The predicted molar refractivity (Wildman–Crippen MR) is 82.8 cm³/mol. The molecule has 3 nitrogen and oxygen atoms in total. The van der Waals surface area contributed by atoms with Crippen LogP contribution in [0, 0.1) is 0 Å². The molecule has 2 rings (SSSR count). The molecule has 0 bridgehead atoms. The molecule has 0 radical (unpaired) electrons. The van der Waals surface area contributed by atoms with E-state index in [4.69, 9.17) is 9.47 Å². The van der Waals surface area contributed by atoms with E-state index in [1.54, 1.807) is 13.8 Å². The van der Waals surface area contributed by atoms with Gasteiger partial charge in [0.1, 0.15) is 0 Å². The first kappa shape index (κ1) is 15.3. The Morgan fingerprint density at radius 3 is 2.43 bits per heavy atom. The second-order valence-electron chi connectivity index (χ2n) is 4.73. The molecule has 3 heteroatoms. The van der Waals surface area contributed by atoms with Crippen LogP contribution in [0.3, 0.4) is 0 Å². The zero-order valence-electron chi connectivity index (χ0n) is 12.4. The lowest BCUT2D eigenvalue weighted by atomic mass is 10.0. The van der Waals surface area contributed by atoms with Gasteiger partial charge in [-0.2, -0.15) is 0 Å². The fourth-order valence-electron chi connectivity index (χ4n) is 2.09. The van der Waals surface area contributed by atoms with Gasteiger partial charge in [0.05, 0.1) is 13.2 Å². The van der Waals surface area contributed by atoms with E-state index >= 15 is 0 Å². The Labute approximate surface area is 125 Å².